The summed E-state index contributed by atoms with van der Waals surface area (Å²) in [4.78, 5) is 25.1. The molecule has 0 aliphatic carbocycles. The average molecular weight is 423 g/mol. The molecular weight excluding hydrogens is 409 g/mol. The molecule has 0 aliphatic heterocycles. The zero-order chi connectivity index (χ0) is 21.0. The predicted octanol–water partition coefficient (Wildman–Crippen LogP) is 4.70. The lowest BCUT2D eigenvalue weighted by Crippen LogP contribution is -2.29. The first-order valence-corrected chi connectivity index (χ1v) is 8.70. The van der Waals surface area contributed by atoms with Crippen LogP contribution in [0.5, 0.6) is 5.75 Å². The molecule has 9 heteroatoms. The quantitative estimate of drug-likeness (QED) is 0.648. The number of halogens is 4. The second-order valence-corrected chi connectivity index (χ2v) is 6.44. The monoisotopic (exact) mass is 422 g/mol. The number of nitrogens with zero attached hydrogens (tertiary/aromatic N) is 1. The van der Waals surface area contributed by atoms with Crippen molar-refractivity contribution in [2.45, 2.75) is 12.9 Å². The van der Waals surface area contributed by atoms with Gasteiger partial charge in [0.25, 0.3) is 11.5 Å². The van der Waals surface area contributed by atoms with Gasteiger partial charge < -0.3 is 14.6 Å². The van der Waals surface area contributed by atoms with E-state index in [0.717, 1.165) is 17.7 Å². The SMILES string of the molecule is O=C(Nc1ccc(OC(F)(F)F)cc1)c1cccn(Cc2ccc(Cl)cc2)c1=O. The molecule has 0 aliphatic rings. The summed E-state index contributed by atoms with van der Waals surface area (Å²) >= 11 is 5.85. The Labute approximate surface area is 168 Å². The zero-order valence-corrected chi connectivity index (χ0v) is 15.5. The van der Waals surface area contributed by atoms with E-state index >= 15 is 0 Å². The molecule has 0 unspecified atom stereocenters. The fourth-order valence-electron chi connectivity index (χ4n) is 2.56. The summed E-state index contributed by atoms with van der Waals surface area (Å²) in [6.07, 6.45) is -3.25. The third kappa shape index (κ3) is 5.61. The summed E-state index contributed by atoms with van der Waals surface area (Å²) in [5.41, 5.74) is 0.445. The normalized spacial score (nSPS) is 11.2. The molecule has 3 aromatic rings. The van der Waals surface area contributed by atoms with Crippen LogP contribution in [0.1, 0.15) is 15.9 Å². The Kier molecular flexibility index (Phi) is 5.93. The van der Waals surface area contributed by atoms with Gasteiger partial charge in [-0.2, -0.15) is 0 Å². The Hall–Kier alpha value is -3.26. The van der Waals surface area contributed by atoms with Crippen molar-refractivity contribution in [1.82, 2.24) is 4.57 Å². The maximum Gasteiger partial charge on any atom is 0.573 e. The summed E-state index contributed by atoms with van der Waals surface area (Å²) in [6, 6.07) is 14.5. The lowest BCUT2D eigenvalue weighted by molar-refractivity contribution is -0.274. The van der Waals surface area contributed by atoms with E-state index in [1.54, 1.807) is 36.5 Å². The van der Waals surface area contributed by atoms with Crippen LogP contribution in [0.15, 0.2) is 71.7 Å². The molecule has 3 rings (SSSR count). The molecule has 2 aromatic carbocycles. The van der Waals surface area contributed by atoms with Crippen LogP contribution in [0, 0.1) is 0 Å². The van der Waals surface area contributed by atoms with Crippen molar-refractivity contribution in [3.8, 4) is 5.75 Å². The highest BCUT2D eigenvalue weighted by atomic mass is 35.5. The second-order valence-electron chi connectivity index (χ2n) is 6.01. The van der Waals surface area contributed by atoms with E-state index in [4.69, 9.17) is 11.6 Å². The molecule has 1 aromatic heterocycles. The van der Waals surface area contributed by atoms with E-state index in [1.807, 2.05) is 0 Å². The number of hydrogen-bond donors (Lipinski definition) is 1. The lowest BCUT2D eigenvalue weighted by Gasteiger charge is -2.11. The molecule has 1 heterocycles. The van der Waals surface area contributed by atoms with Crippen LogP contribution in [0.3, 0.4) is 0 Å². The van der Waals surface area contributed by atoms with Crippen molar-refractivity contribution < 1.29 is 22.7 Å². The minimum Gasteiger partial charge on any atom is -0.406 e. The molecule has 29 heavy (non-hydrogen) atoms. The van der Waals surface area contributed by atoms with Gasteiger partial charge in [-0.05, 0) is 54.1 Å². The third-order valence-electron chi connectivity index (χ3n) is 3.88. The number of carbonyl (C=O) groups excluding carboxylic acids is 1. The molecule has 0 radical (unpaired) electrons. The standard InChI is InChI=1S/C20H14ClF3N2O3/c21-14-5-3-13(4-6-14)12-26-11-1-2-17(19(26)28)18(27)25-15-7-9-16(10-8-15)29-20(22,23)24/h1-11H,12H2,(H,25,27). The van der Waals surface area contributed by atoms with E-state index in [0.29, 0.717) is 5.02 Å². The third-order valence-corrected chi connectivity index (χ3v) is 4.13. The summed E-state index contributed by atoms with van der Waals surface area (Å²) in [5, 5.41) is 3.05. The summed E-state index contributed by atoms with van der Waals surface area (Å²) in [5.74, 6) is -1.09. The second kappa shape index (κ2) is 8.40. The Morgan fingerprint density at radius 3 is 2.31 bits per heavy atom. The van der Waals surface area contributed by atoms with E-state index in [1.165, 1.54) is 22.8 Å². The van der Waals surface area contributed by atoms with Crippen molar-refractivity contribution in [1.29, 1.82) is 0 Å². The largest absolute Gasteiger partial charge is 0.573 e. The Morgan fingerprint density at radius 1 is 1.03 bits per heavy atom. The fraction of sp³-hybridized carbons (Fsp3) is 0.100. The van der Waals surface area contributed by atoms with Crippen molar-refractivity contribution in [2.75, 3.05) is 5.32 Å². The summed E-state index contributed by atoms with van der Waals surface area (Å²) in [6.45, 7) is 0.251. The van der Waals surface area contributed by atoms with Crippen LogP contribution in [-0.4, -0.2) is 16.8 Å². The molecule has 150 valence electrons. The fourth-order valence-corrected chi connectivity index (χ4v) is 2.69. The zero-order valence-electron chi connectivity index (χ0n) is 14.7. The highest BCUT2D eigenvalue weighted by molar-refractivity contribution is 6.30. The summed E-state index contributed by atoms with van der Waals surface area (Å²) < 4.78 is 41.7. The molecule has 1 amide bonds. The predicted molar refractivity (Wildman–Crippen MR) is 102 cm³/mol. The van der Waals surface area contributed by atoms with Crippen LogP contribution in [0.4, 0.5) is 18.9 Å². The van der Waals surface area contributed by atoms with Crippen molar-refractivity contribution in [2.24, 2.45) is 0 Å². The first-order chi connectivity index (χ1) is 13.7. The van der Waals surface area contributed by atoms with Crippen LogP contribution in [0.2, 0.25) is 5.02 Å². The number of amides is 1. The van der Waals surface area contributed by atoms with E-state index in [-0.39, 0.29) is 17.8 Å². The van der Waals surface area contributed by atoms with Crippen LogP contribution >= 0.6 is 11.6 Å². The number of benzene rings is 2. The average Bonchev–Trinajstić information content (AvgIpc) is 2.65. The van der Waals surface area contributed by atoms with Crippen LogP contribution in [0.25, 0.3) is 0 Å². The first-order valence-electron chi connectivity index (χ1n) is 8.32. The van der Waals surface area contributed by atoms with Gasteiger partial charge in [0, 0.05) is 16.9 Å². The van der Waals surface area contributed by atoms with E-state index in [2.05, 4.69) is 10.1 Å². The van der Waals surface area contributed by atoms with Gasteiger partial charge in [-0.3, -0.25) is 9.59 Å². The molecule has 0 spiro atoms. The summed E-state index contributed by atoms with van der Waals surface area (Å²) in [7, 11) is 0. The van der Waals surface area contributed by atoms with E-state index < -0.39 is 23.6 Å². The molecular formula is C20H14ClF3N2O3. The molecule has 1 N–H and O–H groups in total. The number of nitrogens with one attached hydrogen (secondary N) is 1. The minimum atomic E-state index is -4.80. The Morgan fingerprint density at radius 2 is 1.69 bits per heavy atom. The smallest absolute Gasteiger partial charge is 0.406 e. The van der Waals surface area contributed by atoms with Gasteiger partial charge in [0.1, 0.15) is 11.3 Å². The molecule has 0 fully saturated rings. The van der Waals surface area contributed by atoms with Crippen molar-refractivity contribution >= 4 is 23.2 Å². The van der Waals surface area contributed by atoms with Crippen LogP contribution < -0.4 is 15.6 Å². The van der Waals surface area contributed by atoms with Gasteiger partial charge in [0.05, 0.1) is 6.54 Å². The van der Waals surface area contributed by atoms with Gasteiger partial charge in [-0.1, -0.05) is 23.7 Å². The van der Waals surface area contributed by atoms with Gasteiger partial charge in [-0.15, -0.1) is 13.2 Å². The number of carbonyl (C=O) groups is 1. The number of ether oxygens (including phenoxy) is 1. The number of aromatic nitrogens is 1. The number of pyridine rings is 1. The van der Waals surface area contributed by atoms with Gasteiger partial charge in [-0.25, -0.2) is 0 Å². The van der Waals surface area contributed by atoms with Crippen molar-refractivity contribution in [3.05, 3.63) is 93.4 Å². The Bertz CT molecular complexity index is 1060. The van der Waals surface area contributed by atoms with Crippen molar-refractivity contribution in [3.63, 3.8) is 0 Å². The van der Waals surface area contributed by atoms with E-state index in [9.17, 15) is 22.8 Å². The number of anilines is 1. The number of hydrogen-bond acceptors (Lipinski definition) is 3. The van der Waals surface area contributed by atoms with Crippen LogP contribution in [-0.2, 0) is 6.54 Å². The first kappa shape index (κ1) is 20.5. The Balaban J connectivity index is 1.74. The van der Waals surface area contributed by atoms with Gasteiger partial charge >= 0.3 is 6.36 Å². The molecule has 0 bridgehead atoms. The highest BCUT2D eigenvalue weighted by Crippen LogP contribution is 2.24. The number of rotatable bonds is 5. The number of alkyl halides is 3. The molecule has 0 saturated heterocycles. The molecule has 0 atom stereocenters. The molecule has 0 saturated carbocycles. The highest BCUT2D eigenvalue weighted by Gasteiger charge is 2.31. The van der Waals surface area contributed by atoms with Gasteiger partial charge in [0.15, 0.2) is 0 Å². The maximum atomic E-state index is 12.6. The topological polar surface area (TPSA) is 60.3 Å². The maximum absolute atomic E-state index is 12.6. The van der Waals surface area contributed by atoms with Gasteiger partial charge in [0.2, 0.25) is 0 Å². The minimum absolute atomic E-state index is 0.0999. The molecule has 5 nitrogen and oxygen atoms in total. The lowest BCUT2D eigenvalue weighted by atomic mass is 10.2.